The van der Waals surface area contributed by atoms with Crippen LogP contribution in [0.3, 0.4) is 0 Å². The van der Waals surface area contributed by atoms with Crippen molar-refractivity contribution in [2.24, 2.45) is 5.41 Å². The summed E-state index contributed by atoms with van der Waals surface area (Å²) >= 11 is 2.25. The van der Waals surface area contributed by atoms with Gasteiger partial charge in [0.25, 0.3) is 0 Å². The minimum absolute atomic E-state index is 0.314. The van der Waals surface area contributed by atoms with Crippen molar-refractivity contribution in [1.82, 2.24) is 0 Å². The summed E-state index contributed by atoms with van der Waals surface area (Å²) < 4.78 is 1.53. The normalized spacial score (nSPS) is 23.5. The molecule has 56 valence electrons. The number of allylic oxidation sites excluding steroid dienone is 4. The van der Waals surface area contributed by atoms with Gasteiger partial charge in [0.1, 0.15) is 0 Å². The molecule has 0 aromatic rings. The Morgan fingerprint density at radius 2 is 1.45 bits per heavy atom. The van der Waals surface area contributed by atoms with E-state index in [0.29, 0.717) is 5.41 Å². The van der Waals surface area contributed by atoms with Crippen molar-refractivity contribution in [1.29, 1.82) is 0 Å². The maximum atomic E-state index is 2.30. The Labute approximate surface area is 79.0 Å². The summed E-state index contributed by atoms with van der Waals surface area (Å²) in [6.45, 7) is 11.3. The fourth-order valence-corrected chi connectivity index (χ4v) is 1.78. The van der Waals surface area contributed by atoms with Crippen molar-refractivity contribution in [3.05, 3.63) is 21.0 Å². The molecule has 0 spiro atoms. The molecule has 0 radical (unpaired) electrons. The van der Waals surface area contributed by atoms with E-state index in [1.807, 2.05) is 0 Å². The molecule has 0 atom stereocenters. The van der Waals surface area contributed by atoms with Crippen LogP contribution in [0.2, 0.25) is 0 Å². The van der Waals surface area contributed by atoms with Gasteiger partial charge in [-0.3, -0.25) is 0 Å². The zero-order valence-corrected chi connectivity index (χ0v) is 8.50. The average Bonchev–Trinajstić information content (AvgIpc) is 2.06. The van der Waals surface area contributed by atoms with Gasteiger partial charge in [-0.2, -0.15) is 0 Å². The minimum atomic E-state index is 0.314. The summed E-state index contributed by atoms with van der Waals surface area (Å²) in [5.41, 5.74) is 4.83. The van der Waals surface area contributed by atoms with Crippen LogP contribution in [0.4, 0.5) is 0 Å². The van der Waals surface area contributed by atoms with Crippen LogP contribution in [0.25, 0.3) is 0 Å². The first-order valence-corrected chi connectivity index (χ1v) is 4.25. The fraction of sp³-hybridized carbons (Fsp3) is 0.600. The Morgan fingerprint density at radius 3 is 1.55 bits per heavy atom. The van der Waals surface area contributed by atoms with Gasteiger partial charge in [-0.25, -0.2) is 0 Å². The SMILES string of the molecule is [Li][C]1=C(C)C(C)=C(C)C1(C)C. The van der Waals surface area contributed by atoms with Crippen molar-refractivity contribution >= 4 is 17.7 Å². The summed E-state index contributed by atoms with van der Waals surface area (Å²) in [6.07, 6.45) is 0. The maximum absolute atomic E-state index is 2.30. The quantitative estimate of drug-likeness (QED) is 0.456. The summed E-state index contributed by atoms with van der Waals surface area (Å²) in [5.74, 6) is 0. The van der Waals surface area contributed by atoms with E-state index in [1.165, 1.54) is 21.0 Å². The predicted molar refractivity (Wildman–Crippen MR) is 50.6 cm³/mol. The molecule has 1 aliphatic carbocycles. The summed E-state index contributed by atoms with van der Waals surface area (Å²) in [7, 11) is 0. The molecular weight excluding hydrogens is 127 g/mol. The van der Waals surface area contributed by atoms with Gasteiger partial charge in [0.15, 0.2) is 0 Å². The predicted octanol–water partition coefficient (Wildman–Crippen LogP) is 2.81. The summed E-state index contributed by atoms with van der Waals surface area (Å²) in [5, 5.41) is 0. The zero-order chi connectivity index (χ0) is 8.81. The van der Waals surface area contributed by atoms with E-state index < -0.39 is 0 Å². The van der Waals surface area contributed by atoms with E-state index >= 15 is 0 Å². The Morgan fingerprint density at radius 1 is 1.00 bits per heavy atom. The van der Waals surface area contributed by atoms with E-state index in [0.717, 1.165) is 0 Å². The summed E-state index contributed by atoms with van der Waals surface area (Å²) in [6, 6.07) is 0. The van der Waals surface area contributed by atoms with Gasteiger partial charge in [0.2, 0.25) is 0 Å². The van der Waals surface area contributed by atoms with E-state index in [2.05, 4.69) is 52.3 Å². The van der Waals surface area contributed by atoms with Crippen LogP contribution in [0.15, 0.2) is 21.0 Å². The first-order chi connectivity index (χ1) is 4.89. The third kappa shape index (κ3) is 1.13. The van der Waals surface area contributed by atoms with Crippen LogP contribution >= 0.6 is 0 Å². The molecule has 0 aliphatic heterocycles. The van der Waals surface area contributed by atoms with Crippen molar-refractivity contribution in [2.75, 3.05) is 0 Å². The van der Waals surface area contributed by atoms with Crippen LogP contribution in [0.1, 0.15) is 34.6 Å². The first kappa shape index (κ1) is 9.17. The number of hydrogen-bond donors (Lipinski definition) is 0. The molecule has 0 amide bonds. The zero-order valence-electron chi connectivity index (χ0n) is 8.50. The molecule has 0 unspecified atom stereocenters. The first-order valence-electron chi connectivity index (χ1n) is 4.25. The second-order valence-electron chi connectivity index (χ2n) is 4.12. The molecule has 0 bridgehead atoms. The molecule has 0 fully saturated rings. The monoisotopic (exact) mass is 142 g/mol. The second-order valence-corrected chi connectivity index (χ2v) is 4.12. The van der Waals surface area contributed by atoms with Crippen LogP contribution < -0.4 is 0 Å². The molecule has 11 heavy (non-hydrogen) atoms. The van der Waals surface area contributed by atoms with Gasteiger partial charge in [-0.1, -0.05) is 0 Å². The Hall–Kier alpha value is 0.0774. The molecular formula is C10H15Li. The van der Waals surface area contributed by atoms with E-state index in [9.17, 15) is 0 Å². The van der Waals surface area contributed by atoms with Gasteiger partial charge in [-0.05, 0) is 0 Å². The molecule has 0 saturated heterocycles. The second kappa shape index (κ2) is 2.54. The standard InChI is InChI=1S/C10H15.Li/c1-7-6-10(4,5)9(3)8(7)2;/h1-5H3;. The third-order valence-corrected chi connectivity index (χ3v) is 3.56. The van der Waals surface area contributed by atoms with Crippen LogP contribution in [-0.4, -0.2) is 17.7 Å². The molecule has 0 aromatic carbocycles. The molecule has 0 saturated carbocycles. The molecule has 0 nitrogen and oxygen atoms in total. The van der Waals surface area contributed by atoms with Crippen molar-refractivity contribution in [3.63, 3.8) is 0 Å². The van der Waals surface area contributed by atoms with Gasteiger partial charge >= 0.3 is 78.7 Å². The van der Waals surface area contributed by atoms with E-state index in [-0.39, 0.29) is 0 Å². The van der Waals surface area contributed by atoms with Gasteiger partial charge in [0, 0.05) is 0 Å². The Balaban J connectivity index is 3.27. The van der Waals surface area contributed by atoms with Crippen molar-refractivity contribution in [2.45, 2.75) is 34.6 Å². The summed E-state index contributed by atoms with van der Waals surface area (Å²) in [4.78, 5) is 0. The van der Waals surface area contributed by atoms with Crippen LogP contribution in [0.5, 0.6) is 0 Å². The van der Waals surface area contributed by atoms with E-state index in [1.54, 1.807) is 0 Å². The van der Waals surface area contributed by atoms with Gasteiger partial charge in [-0.15, -0.1) is 0 Å². The van der Waals surface area contributed by atoms with Crippen molar-refractivity contribution in [3.8, 4) is 0 Å². The average molecular weight is 142 g/mol. The fourth-order valence-electron chi connectivity index (χ4n) is 1.78. The van der Waals surface area contributed by atoms with Gasteiger partial charge in [0.05, 0.1) is 0 Å². The van der Waals surface area contributed by atoms with E-state index in [4.69, 9.17) is 0 Å². The number of rotatable bonds is 0. The number of hydrogen-bond acceptors (Lipinski definition) is 0. The molecule has 0 aromatic heterocycles. The van der Waals surface area contributed by atoms with Crippen LogP contribution in [0, 0.1) is 5.41 Å². The molecule has 1 heteroatoms. The van der Waals surface area contributed by atoms with Crippen molar-refractivity contribution < 1.29 is 0 Å². The van der Waals surface area contributed by atoms with Crippen LogP contribution in [-0.2, 0) is 0 Å². The molecule has 0 N–H and O–H groups in total. The molecule has 1 aliphatic rings. The Bertz CT molecular complexity index is 228. The molecule has 0 heterocycles. The Kier molecular flexibility index (Phi) is 2.12. The topological polar surface area (TPSA) is 0 Å². The molecule has 1 rings (SSSR count). The third-order valence-electron chi connectivity index (χ3n) is 3.56. The van der Waals surface area contributed by atoms with Gasteiger partial charge < -0.3 is 0 Å².